The first kappa shape index (κ1) is 25.0. The van der Waals surface area contributed by atoms with E-state index in [0.29, 0.717) is 41.4 Å². The van der Waals surface area contributed by atoms with Crippen molar-refractivity contribution in [2.75, 3.05) is 26.4 Å². The standard InChI is InChI=1S/C18H20Cl6O3/c1-3-18(2,10-25-6-4-15(21)22)11-27-17-13(19)8-12(9-14(17)20)26-7-5-16(23)24/h4-5,8-9H,3,6-7,10-11H2,1-2H3. The average molecular weight is 497 g/mol. The van der Waals surface area contributed by atoms with Crippen LogP contribution in [0.1, 0.15) is 20.3 Å². The Morgan fingerprint density at radius 1 is 0.926 bits per heavy atom. The highest BCUT2D eigenvalue weighted by Crippen LogP contribution is 2.38. The Kier molecular flexibility index (Phi) is 11.6. The second-order valence-electron chi connectivity index (χ2n) is 5.98. The van der Waals surface area contributed by atoms with Gasteiger partial charge < -0.3 is 14.2 Å². The van der Waals surface area contributed by atoms with Gasteiger partial charge in [0, 0.05) is 17.5 Å². The number of hydrogen-bond donors (Lipinski definition) is 0. The Labute approximate surface area is 190 Å². The number of halogens is 6. The van der Waals surface area contributed by atoms with E-state index >= 15 is 0 Å². The topological polar surface area (TPSA) is 27.7 Å². The molecule has 0 bridgehead atoms. The van der Waals surface area contributed by atoms with Crippen molar-refractivity contribution in [2.45, 2.75) is 20.3 Å². The molecule has 0 aliphatic carbocycles. The van der Waals surface area contributed by atoms with Crippen molar-refractivity contribution in [1.82, 2.24) is 0 Å². The summed E-state index contributed by atoms with van der Waals surface area (Å²) in [5, 5.41) is 0.685. The third-order valence-electron chi connectivity index (χ3n) is 3.68. The number of hydrogen-bond acceptors (Lipinski definition) is 3. The molecule has 0 radical (unpaired) electrons. The van der Waals surface area contributed by atoms with E-state index in [1.54, 1.807) is 18.2 Å². The molecule has 0 aliphatic rings. The van der Waals surface area contributed by atoms with Crippen LogP contribution in [0.25, 0.3) is 0 Å². The molecule has 1 aromatic carbocycles. The van der Waals surface area contributed by atoms with Crippen molar-refractivity contribution in [1.29, 1.82) is 0 Å². The third kappa shape index (κ3) is 9.85. The van der Waals surface area contributed by atoms with E-state index < -0.39 is 0 Å². The summed E-state index contributed by atoms with van der Waals surface area (Å²) in [4.78, 5) is 0. The van der Waals surface area contributed by atoms with Crippen LogP contribution >= 0.6 is 69.6 Å². The van der Waals surface area contributed by atoms with E-state index in [9.17, 15) is 0 Å². The Morgan fingerprint density at radius 2 is 1.48 bits per heavy atom. The van der Waals surface area contributed by atoms with Gasteiger partial charge in [-0.15, -0.1) is 0 Å². The van der Waals surface area contributed by atoms with Gasteiger partial charge in [0.25, 0.3) is 0 Å². The Bertz CT molecular complexity index is 646. The minimum atomic E-state index is -0.240. The van der Waals surface area contributed by atoms with Gasteiger partial charge >= 0.3 is 0 Å². The van der Waals surface area contributed by atoms with E-state index in [-0.39, 0.29) is 21.0 Å². The van der Waals surface area contributed by atoms with Gasteiger partial charge in [-0.2, -0.15) is 0 Å². The molecule has 0 aliphatic heterocycles. The molecule has 0 N–H and O–H groups in total. The molecule has 1 rings (SSSR count). The van der Waals surface area contributed by atoms with Gasteiger partial charge in [-0.05, 0) is 18.6 Å². The quantitative estimate of drug-likeness (QED) is 0.292. The van der Waals surface area contributed by atoms with Gasteiger partial charge in [0.15, 0.2) is 5.75 Å². The Balaban J connectivity index is 2.71. The molecule has 0 saturated carbocycles. The van der Waals surface area contributed by atoms with Crippen molar-refractivity contribution >= 4 is 69.6 Å². The zero-order valence-corrected chi connectivity index (χ0v) is 19.4. The van der Waals surface area contributed by atoms with Crippen molar-refractivity contribution in [3.63, 3.8) is 0 Å². The number of ether oxygens (including phenoxy) is 3. The summed E-state index contributed by atoms with van der Waals surface area (Å²) >= 11 is 34.8. The summed E-state index contributed by atoms with van der Waals surface area (Å²) in [6.07, 6.45) is 3.92. The third-order valence-corrected chi connectivity index (χ3v) is 4.86. The fourth-order valence-corrected chi connectivity index (χ4v) is 2.71. The van der Waals surface area contributed by atoms with Crippen molar-refractivity contribution in [3.8, 4) is 11.5 Å². The summed E-state index contributed by atoms with van der Waals surface area (Å²) in [5.41, 5.74) is -0.240. The second-order valence-corrected chi connectivity index (χ2v) is 8.81. The molecule has 3 nitrogen and oxygen atoms in total. The van der Waals surface area contributed by atoms with E-state index in [1.165, 1.54) is 6.08 Å². The highest BCUT2D eigenvalue weighted by Gasteiger charge is 2.25. The van der Waals surface area contributed by atoms with Crippen LogP contribution in [0.5, 0.6) is 11.5 Å². The molecule has 1 unspecified atom stereocenters. The minimum Gasteiger partial charge on any atom is -0.490 e. The summed E-state index contributed by atoms with van der Waals surface area (Å²) < 4.78 is 17.2. The molecular weight excluding hydrogens is 477 g/mol. The average Bonchev–Trinajstić information content (AvgIpc) is 2.57. The Hall–Kier alpha value is -0.000000000000000167. The van der Waals surface area contributed by atoms with Crippen LogP contribution in [-0.2, 0) is 4.74 Å². The van der Waals surface area contributed by atoms with Gasteiger partial charge in [0.2, 0.25) is 0 Å². The Morgan fingerprint density at radius 3 is 2.00 bits per heavy atom. The summed E-state index contributed by atoms with van der Waals surface area (Å²) in [5.74, 6) is 0.870. The first-order valence-electron chi connectivity index (χ1n) is 8.01. The van der Waals surface area contributed by atoms with E-state index in [1.807, 2.05) is 13.8 Å². The van der Waals surface area contributed by atoms with Crippen LogP contribution in [0, 0.1) is 5.41 Å². The lowest BCUT2D eigenvalue weighted by molar-refractivity contribution is 0.0338. The predicted octanol–water partition coefficient (Wildman–Crippen LogP) is 7.82. The van der Waals surface area contributed by atoms with Crippen molar-refractivity contribution in [2.24, 2.45) is 5.41 Å². The minimum absolute atomic E-state index is 0.122. The van der Waals surface area contributed by atoms with Crippen molar-refractivity contribution in [3.05, 3.63) is 43.3 Å². The molecule has 0 spiro atoms. The maximum atomic E-state index is 6.28. The predicted molar refractivity (Wildman–Crippen MR) is 116 cm³/mol. The maximum Gasteiger partial charge on any atom is 0.156 e. The molecule has 1 aromatic rings. The van der Waals surface area contributed by atoms with Crippen molar-refractivity contribution < 1.29 is 14.2 Å². The SMILES string of the molecule is CCC(C)(COCC=C(Cl)Cl)COc1c(Cl)cc(OCC=C(Cl)Cl)cc1Cl. The zero-order chi connectivity index (χ0) is 20.4. The van der Waals surface area contributed by atoms with Gasteiger partial charge in [-0.1, -0.05) is 83.5 Å². The summed E-state index contributed by atoms with van der Waals surface area (Å²) in [6.45, 7) is 5.44. The van der Waals surface area contributed by atoms with Crippen LogP contribution in [-0.4, -0.2) is 26.4 Å². The molecular formula is C18H20Cl6O3. The molecule has 1 atom stereocenters. The van der Waals surface area contributed by atoms with E-state index in [2.05, 4.69) is 0 Å². The lowest BCUT2D eigenvalue weighted by atomic mass is 9.90. The van der Waals surface area contributed by atoms with Crippen LogP contribution in [0.2, 0.25) is 10.0 Å². The second kappa shape index (κ2) is 12.5. The fourth-order valence-electron chi connectivity index (χ4n) is 1.88. The van der Waals surface area contributed by atoms with Crippen LogP contribution < -0.4 is 9.47 Å². The summed E-state index contributed by atoms with van der Waals surface area (Å²) in [6, 6.07) is 3.23. The molecule has 0 fully saturated rings. The van der Waals surface area contributed by atoms with Gasteiger partial charge in [-0.3, -0.25) is 0 Å². The lowest BCUT2D eigenvalue weighted by Crippen LogP contribution is -2.30. The first-order chi connectivity index (χ1) is 12.7. The fraction of sp³-hybridized carbons (Fsp3) is 0.444. The highest BCUT2D eigenvalue weighted by molar-refractivity contribution is 6.56. The smallest absolute Gasteiger partial charge is 0.156 e. The number of benzene rings is 1. The molecule has 0 aromatic heterocycles. The molecule has 0 saturated heterocycles. The molecule has 152 valence electrons. The number of rotatable bonds is 11. The van der Waals surface area contributed by atoms with Crippen LogP contribution in [0.4, 0.5) is 0 Å². The highest BCUT2D eigenvalue weighted by atomic mass is 35.5. The normalized spacial score (nSPS) is 12.9. The molecule has 0 amide bonds. The molecule has 9 heteroatoms. The zero-order valence-electron chi connectivity index (χ0n) is 14.8. The van der Waals surface area contributed by atoms with E-state index in [0.717, 1.165) is 6.42 Å². The van der Waals surface area contributed by atoms with Crippen LogP contribution in [0.15, 0.2) is 33.3 Å². The first-order valence-corrected chi connectivity index (χ1v) is 10.3. The van der Waals surface area contributed by atoms with E-state index in [4.69, 9.17) is 83.8 Å². The largest absolute Gasteiger partial charge is 0.490 e. The van der Waals surface area contributed by atoms with Gasteiger partial charge in [0.05, 0.1) is 29.9 Å². The maximum absolute atomic E-state index is 6.28. The monoisotopic (exact) mass is 494 g/mol. The van der Waals surface area contributed by atoms with Crippen LogP contribution in [0.3, 0.4) is 0 Å². The lowest BCUT2D eigenvalue weighted by Gasteiger charge is -2.28. The van der Waals surface area contributed by atoms with Gasteiger partial charge in [-0.25, -0.2) is 0 Å². The summed E-state index contributed by atoms with van der Waals surface area (Å²) in [7, 11) is 0. The molecule has 0 heterocycles. The molecule has 27 heavy (non-hydrogen) atoms. The van der Waals surface area contributed by atoms with Gasteiger partial charge in [0.1, 0.15) is 21.3 Å².